The minimum Gasteiger partial charge on any atom is -0.488 e. The third kappa shape index (κ3) is 6.33. The molecular formula is C25H24BrN3O6S. The van der Waals surface area contributed by atoms with Gasteiger partial charge >= 0.3 is 0 Å². The molecule has 0 atom stereocenters. The van der Waals surface area contributed by atoms with Gasteiger partial charge in [0.2, 0.25) is 5.91 Å². The van der Waals surface area contributed by atoms with Gasteiger partial charge in [0.05, 0.1) is 9.83 Å². The maximum Gasteiger partial charge on any atom is 0.294 e. The number of likely N-dealkylation sites (tertiary alicyclic amines) is 1. The number of nitro groups is 1. The molecule has 0 saturated carbocycles. The maximum absolute atomic E-state index is 13.0. The molecule has 2 aliphatic rings. The Balaban J connectivity index is 1.47. The van der Waals surface area contributed by atoms with E-state index in [4.69, 9.17) is 4.74 Å². The van der Waals surface area contributed by atoms with Crippen molar-refractivity contribution in [3.05, 3.63) is 73.1 Å². The molecule has 36 heavy (non-hydrogen) atoms. The molecule has 9 nitrogen and oxygen atoms in total. The first-order valence-corrected chi connectivity index (χ1v) is 13.1. The summed E-state index contributed by atoms with van der Waals surface area (Å²) in [6.07, 6.45) is 5.60. The molecule has 3 amide bonds. The number of carbonyl (C=O) groups is 3. The highest BCUT2D eigenvalue weighted by Crippen LogP contribution is 2.35. The van der Waals surface area contributed by atoms with Gasteiger partial charge < -0.3 is 9.64 Å². The van der Waals surface area contributed by atoms with Gasteiger partial charge in [0, 0.05) is 35.3 Å². The first-order chi connectivity index (χ1) is 17.3. The van der Waals surface area contributed by atoms with Gasteiger partial charge in [-0.2, -0.15) is 0 Å². The summed E-state index contributed by atoms with van der Waals surface area (Å²) in [6, 6.07) is 11.3. The van der Waals surface area contributed by atoms with Crippen LogP contribution in [0.3, 0.4) is 0 Å². The molecule has 2 aliphatic heterocycles. The van der Waals surface area contributed by atoms with Crippen LogP contribution in [0, 0.1) is 10.1 Å². The van der Waals surface area contributed by atoms with Crippen LogP contribution >= 0.6 is 27.7 Å². The number of non-ortho nitro benzene ring substituents is 1. The Morgan fingerprint density at radius 1 is 1.08 bits per heavy atom. The normalized spacial score (nSPS) is 17.4. The summed E-state index contributed by atoms with van der Waals surface area (Å²) < 4.78 is 6.67. The van der Waals surface area contributed by atoms with Crippen LogP contribution in [0.2, 0.25) is 0 Å². The second-order valence-electron chi connectivity index (χ2n) is 8.46. The zero-order valence-corrected chi connectivity index (χ0v) is 21.8. The number of carbonyl (C=O) groups excluding carboxylic acids is 3. The fraction of sp³-hybridized carbons (Fsp3) is 0.320. The van der Waals surface area contributed by atoms with Crippen LogP contribution in [0.25, 0.3) is 6.08 Å². The summed E-state index contributed by atoms with van der Waals surface area (Å²) in [6.45, 7) is 1.20. The van der Waals surface area contributed by atoms with Crippen LogP contribution in [-0.4, -0.2) is 51.4 Å². The van der Waals surface area contributed by atoms with Crippen molar-refractivity contribution in [2.75, 3.05) is 19.6 Å². The highest BCUT2D eigenvalue weighted by Gasteiger charge is 2.37. The monoisotopic (exact) mass is 573 g/mol. The fourth-order valence-electron chi connectivity index (χ4n) is 3.97. The van der Waals surface area contributed by atoms with Crippen LogP contribution in [0.4, 0.5) is 10.5 Å². The molecule has 2 fully saturated rings. The predicted molar refractivity (Wildman–Crippen MR) is 139 cm³/mol. The standard InChI is InChI=1S/C25H24BrN3O6S/c26-19-7-10-21(35-16-17-5-8-20(9-6-17)29(33)34)18(13-19)14-22-24(31)28(25(32)36-22)15-23(30)27-11-3-1-2-4-12-27/h5-10,13-14H,1-4,11-12,15-16H2. The van der Waals surface area contributed by atoms with Crippen LogP contribution in [0.1, 0.15) is 36.8 Å². The highest BCUT2D eigenvalue weighted by molar-refractivity contribution is 9.10. The summed E-state index contributed by atoms with van der Waals surface area (Å²) in [7, 11) is 0. The summed E-state index contributed by atoms with van der Waals surface area (Å²) in [5.74, 6) is -0.242. The van der Waals surface area contributed by atoms with Gasteiger partial charge in [0.1, 0.15) is 18.9 Å². The van der Waals surface area contributed by atoms with E-state index in [0.29, 0.717) is 24.4 Å². The van der Waals surface area contributed by atoms with Crippen LogP contribution < -0.4 is 4.74 Å². The lowest BCUT2D eigenvalue weighted by molar-refractivity contribution is -0.384. The topological polar surface area (TPSA) is 110 Å². The van der Waals surface area contributed by atoms with Crippen molar-refractivity contribution in [3.63, 3.8) is 0 Å². The number of benzene rings is 2. The number of amides is 3. The number of halogens is 1. The van der Waals surface area contributed by atoms with Gasteiger partial charge in [0.15, 0.2) is 0 Å². The lowest BCUT2D eigenvalue weighted by atomic mass is 10.1. The number of rotatable bonds is 7. The van der Waals surface area contributed by atoms with E-state index in [1.165, 1.54) is 12.1 Å². The van der Waals surface area contributed by atoms with Gasteiger partial charge in [0.25, 0.3) is 16.8 Å². The number of thioether (sulfide) groups is 1. The van der Waals surface area contributed by atoms with Crippen molar-refractivity contribution in [1.82, 2.24) is 9.80 Å². The average molecular weight is 574 g/mol. The van der Waals surface area contributed by atoms with E-state index in [1.807, 2.05) is 0 Å². The molecule has 2 aromatic carbocycles. The molecule has 2 aromatic rings. The number of imide groups is 1. The minimum atomic E-state index is -0.505. The summed E-state index contributed by atoms with van der Waals surface area (Å²) in [5, 5.41) is 10.4. The molecular weight excluding hydrogens is 550 g/mol. The molecule has 11 heteroatoms. The van der Waals surface area contributed by atoms with Crippen molar-refractivity contribution in [3.8, 4) is 5.75 Å². The SMILES string of the molecule is O=C(CN1C(=O)SC(=Cc2cc(Br)ccc2OCc2ccc([N+](=O)[O-])cc2)C1=O)N1CCCCCC1. The van der Waals surface area contributed by atoms with Crippen LogP contribution in [0.5, 0.6) is 5.75 Å². The molecule has 2 saturated heterocycles. The minimum absolute atomic E-state index is 0.00636. The quantitative estimate of drug-likeness (QED) is 0.248. The molecule has 0 aromatic heterocycles. The Bertz CT molecular complexity index is 1210. The number of hydrogen-bond donors (Lipinski definition) is 0. The maximum atomic E-state index is 13.0. The van der Waals surface area contributed by atoms with Gasteiger partial charge in [-0.1, -0.05) is 28.8 Å². The molecule has 2 heterocycles. The predicted octanol–water partition coefficient (Wildman–Crippen LogP) is 5.38. The van der Waals surface area contributed by atoms with Gasteiger partial charge in [-0.05, 0) is 66.6 Å². The molecule has 0 radical (unpaired) electrons. The third-order valence-electron chi connectivity index (χ3n) is 5.93. The average Bonchev–Trinajstić information content (AvgIpc) is 3.04. The van der Waals surface area contributed by atoms with Gasteiger partial charge in [-0.3, -0.25) is 29.4 Å². The molecule has 0 N–H and O–H groups in total. The fourth-order valence-corrected chi connectivity index (χ4v) is 5.18. The number of ether oxygens (including phenoxy) is 1. The lowest BCUT2D eigenvalue weighted by Crippen LogP contribution is -2.42. The molecule has 0 aliphatic carbocycles. The zero-order chi connectivity index (χ0) is 25.7. The second-order valence-corrected chi connectivity index (χ2v) is 10.4. The number of hydrogen-bond acceptors (Lipinski definition) is 7. The first kappa shape index (κ1) is 25.9. The number of nitro benzene ring substituents is 1. The Kier molecular flexibility index (Phi) is 8.42. The summed E-state index contributed by atoms with van der Waals surface area (Å²) in [5.41, 5.74) is 1.31. The highest BCUT2D eigenvalue weighted by atomic mass is 79.9. The van der Waals surface area contributed by atoms with Crippen molar-refractivity contribution in [1.29, 1.82) is 0 Å². The Hall–Kier alpha value is -3.18. The molecule has 0 bridgehead atoms. The molecule has 188 valence electrons. The van der Waals surface area contributed by atoms with E-state index >= 15 is 0 Å². The second kappa shape index (κ2) is 11.7. The van der Waals surface area contributed by atoms with E-state index < -0.39 is 16.1 Å². The van der Waals surface area contributed by atoms with Gasteiger partial charge in [-0.15, -0.1) is 0 Å². The first-order valence-electron chi connectivity index (χ1n) is 11.5. The van der Waals surface area contributed by atoms with Crippen molar-refractivity contribution < 1.29 is 24.0 Å². The van der Waals surface area contributed by atoms with E-state index in [2.05, 4.69) is 15.9 Å². The molecule has 0 unspecified atom stereocenters. The van der Waals surface area contributed by atoms with E-state index in [1.54, 1.807) is 41.3 Å². The summed E-state index contributed by atoms with van der Waals surface area (Å²) >= 11 is 4.21. The van der Waals surface area contributed by atoms with Crippen LogP contribution in [0.15, 0.2) is 51.8 Å². The smallest absolute Gasteiger partial charge is 0.294 e. The molecule has 4 rings (SSSR count). The Morgan fingerprint density at radius 2 is 1.78 bits per heavy atom. The van der Waals surface area contributed by atoms with E-state index in [0.717, 1.165) is 52.4 Å². The Morgan fingerprint density at radius 3 is 2.44 bits per heavy atom. The molecule has 0 spiro atoms. The largest absolute Gasteiger partial charge is 0.488 e. The third-order valence-corrected chi connectivity index (χ3v) is 7.33. The van der Waals surface area contributed by atoms with Crippen LogP contribution in [-0.2, 0) is 16.2 Å². The van der Waals surface area contributed by atoms with Crippen molar-refractivity contribution in [2.45, 2.75) is 32.3 Å². The van der Waals surface area contributed by atoms with E-state index in [9.17, 15) is 24.5 Å². The number of nitrogens with zero attached hydrogens (tertiary/aromatic N) is 3. The lowest BCUT2D eigenvalue weighted by Gasteiger charge is -2.22. The van der Waals surface area contributed by atoms with E-state index in [-0.39, 0.29) is 29.7 Å². The van der Waals surface area contributed by atoms with Crippen molar-refractivity contribution >= 4 is 56.5 Å². The van der Waals surface area contributed by atoms with Gasteiger partial charge in [-0.25, -0.2) is 0 Å². The summed E-state index contributed by atoms with van der Waals surface area (Å²) in [4.78, 5) is 51.6. The zero-order valence-electron chi connectivity index (χ0n) is 19.4. The van der Waals surface area contributed by atoms with Crippen molar-refractivity contribution in [2.24, 2.45) is 0 Å². The Labute approximate surface area is 220 Å².